The molecule has 8 heteroatoms. The van der Waals surface area contributed by atoms with Gasteiger partial charge in [0.1, 0.15) is 5.01 Å². The van der Waals surface area contributed by atoms with Crippen LogP contribution in [0.3, 0.4) is 0 Å². The molecule has 1 fully saturated rings. The molecular formula is C15H22N6OS. The predicted molar refractivity (Wildman–Crippen MR) is 89.9 cm³/mol. The molecule has 0 aromatic carbocycles. The van der Waals surface area contributed by atoms with Gasteiger partial charge in [0.25, 0.3) is 5.91 Å². The number of aromatic nitrogens is 4. The number of rotatable bonds is 3. The fraction of sp³-hybridized carbons (Fsp3) is 0.600. The van der Waals surface area contributed by atoms with Crippen molar-refractivity contribution in [1.29, 1.82) is 0 Å². The number of nitrogens with zero attached hydrogens (tertiary/aromatic N) is 4. The Bertz CT molecular complexity index is 680. The summed E-state index contributed by atoms with van der Waals surface area (Å²) in [5, 5.41) is 20.1. The summed E-state index contributed by atoms with van der Waals surface area (Å²) in [6.45, 7) is 8.16. The summed E-state index contributed by atoms with van der Waals surface area (Å²) < 4.78 is 1.88. The van der Waals surface area contributed by atoms with E-state index >= 15 is 0 Å². The molecule has 3 heterocycles. The first-order valence-corrected chi connectivity index (χ1v) is 8.66. The summed E-state index contributed by atoms with van der Waals surface area (Å²) in [5.74, 6) is -0.246. The van der Waals surface area contributed by atoms with Gasteiger partial charge in [-0.05, 0) is 25.5 Å². The fourth-order valence-electron chi connectivity index (χ4n) is 2.46. The quantitative estimate of drug-likeness (QED) is 0.899. The lowest BCUT2D eigenvalue weighted by molar-refractivity contribution is 0.102. The summed E-state index contributed by atoms with van der Waals surface area (Å²) in [6, 6.07) is 2.06. The number of nitrogens with one attached hydrogen (secondary N) is 2. The van der Waals surface area contributed by atoms with Crippen molar-refractivity contribution in [3.05, 3.63) is 23.0 Å². The first-order valence-electron chi connectivity index (χ1n) is 7.85. The molecule has 7 nitrogen and oxygen atoms in total. The van der Waals surface area contributed by atoms with Crippen LogP contribution in [-0.2, 0) is 5.41 Å². The number of carbonyl (C=O) groups excluding carboxylic acids is 1. The van der Waals surface area contributed by atoms with Crippen LogP contribution in [0, 0.1) is 0 Å². The van der Waals surface area contributed by atoms with E-state index in [0.717, 1.165) is 30.9 Å². The topological polar surface area (TPSA) is 84.7 Å². The van der Waals surface area contributed by atoms with Crippen molar-refractivity contribution in [2.75, 3.05) is 18.4 Å². The molecule has 2 N–H and O–H groups in total. The molecule has 1 aliphatic heterocycles. The largest absolute Gasteiger partial charge is 0.315 e. The smallest absolute Gasteiger partial charge is 0.277 e. The maximum atomic E-state index is 12.3. The lowest BCUT2D eigenvalue weighted by Gasteiger charge is -2.22. The zero-order valence-electron chi connectivity index (χ0n) is 13.7. The standard InChI is InChI=1S/C15H22N6OS/c1-15(2,3)13-18-19-14(23-13)17-12(22)11-6-8-21(20-11)10-5-4-7-16-9-10/h6,8,10,16H,4-5,7,9H2,1-3H3,(H,17,19,22). The number of anilines is 1. The molecule has 1 atom stereocenters. The molecule has 2 aromatic heterocycles. The van der Waals surface area contributed by atoms with Crippen molar-refractivity contribution >= 4 is 22.4 Å². The summed E-state index contributed by atoms with van der Waals surface area (Å²) in [6.07, 6.45) is 4.08. The Kier molecular flexibility index (Phi) is 4.45. The molecule has 1 unspecified atom stereocenters. The van der Waals surface area contributed by atoms with Crippen molar-refractivity contribution < 1.29 is 4.79 Å². The van der Waals surface area contributed by atoms with E-state index in [4.69, 9.17) is 0 Å². The Morgan fingerprint density at radius 3 is 2.91 bits per heavy atom. The van der Waals surface area contributed by atoms with Crippen LogP contribution in [-0.4, -0.2) is 39.0 Å². The van der Waals surface area contributed by atoms with E-state index < -0.39 is 0 Å². The Morgan fingerprint density at radius 1 is 1.43 bits per heavy atom. The van der Waals surface area contributed by atoms with Gasteiger partial charge in [0.15, 0.2) is 5.69 Å². The van der Waals surface area contributed by atoms with Gasteiger partial charge in [-0.2, -0.15) is 5.10 Å². The number of carbonyl (C=O) groups is 1. The molecule has 1 aliphatic rings. The van der Waals surface area contributed by atoms with Crippen molar-refractivity contribution in [3.63, 3.8) is 0 Å². The van der Waals surface area contributed by atoms with E-state index in [2.05, 4.69) is 46.7 Å². The normalized spacial score (nSPS) is 18.8. The molecule has 3 rings (SSSR count). The minimum absolute atomic E-state index is 0.0732. The van der Waals surface area contributed by atoms with Gasteiger partial charge in [-0.3, -0.25) is 14.8 Å². The van der Waals surface area contributed by atoms with Crippen LogP contribution in [0.4, 0.5) is 5.13 Å². The van der Waals surface area contributed by atoms with Crippen LogP contribution < -0.4 is 10.6 Å². The highest BCUT2D eigenvalue weighted by Gasteiger charge is 2.21. The predicted octanol–water partition coefficient (Wildman–Crippen LogP) is 2.21. The Morgan fingerprint density at radius 2 is 2.26 bits per heavy atom. The molecule has 0 bridgehead atoms. The number of hydrogen-bond acceptors (Lipinski definition) is 6. The SMILES string of the molecule is CC(C)(C)c1nnc(NC(=O)c2ccn(C3CCCNC3)n2)s1. The minimum Gasteiger partial charge on any atom is -0.315 e. The number of hydrogen-bond donors (Lipinski definition) is 2. The second kappa shape index (κ2) is 6.37. The van der Waals surface area contributed by atoms with Gasteiger partial charge in [-0.1, -0.05) is 32.1 Å². The van der Waals surface area contributed by atoms with E-state index in [1.807, 2.05) is 10.9 Å². The van der Waals surface area contributed by atoms with Crippen LogP contribution in [0.5, 0.6) is 0 Å². The van der Waals surface area contributed by atoms with Gasteiger partial charge >= 0.3 is 0 Å². The molecule has 2 aromatic rings. The average molecular weight is 334 g/mol. The minimum atomic E-state index is -0.246. The molecule has 0 radical (unpaired) electrons. The van der Waals surface area contributed by atoms with Crippen LogP contribution in [0.2, 0.25) is 0 Å². The second-order valence-corrected chi connectivity index (χ2v) is 7.78. The lowest BCUT2D eigenvalue weighted by atomic mass is 9.98. The summed E-state index contributed by atoms with van der Waals surface area (Å²) >= 11 is 1.40. The van der Waals surface area contributed by atoms with Gasteiger partial charge in [-0.15, -0.1) is 10.2 Å². The van der Waals surface area contributed by atoms with Crippen molar-refractivity contribution in [3.8, 4) is 0 Å². The second-order valence-electron chi connectivity index (χ2n) is 6.80. The van der Waals surface area contributed by atoms with Crippen molar-refractivity contribution in [2.24, 2.45) is 0 Å². The molecule has 124 valence electrons. The van der Waals surface area contributed by atoms with Gasteiger partial charge in [-0.25, -0.2) is 0 Å². The van der Waals surface area contributed by atoms with Gasteiger partial charge in [0, 0.05) is 18.2 Å². The molecule has 1 amide bonds. The Labute approximate surface area is 139 Å². The first kappa shape index (κ1) is 16.1. The third-order valence-corrected chi connectivity index (χ3v) is 5.04. The van der Waals surface area contributed by atoms with Crippen molar-refractivity contribution in [2.45, 2.75) is 45.1 Å². The highest BCUT2D eigenvalue weighted by molar-refractivity contribution is 7.15. The number of amides is 1. The molecule has 0 spiro atoms. The summed E-state index contributed by atoms with van der Waals surface area (Å²) in [5.41, 5.74) is 0.332. The van der Waals surface area contributed by atoms with Gasteiger partial charge in [0.05, 0.1) is 6.04 Å². The molecule has 0 aliphatic carbocycles. The summed E-state index contributed by atoms with van der Waals surface area (Å²) in [7, 11) is 0. The van der Waals surface area contributed by atoms with Crippen LogP contribution in [0.25, 0.3) is 0 Å². The maximum absolute atomic E-state index is 12.3. The highest BCUT2D eigenvalue weighted by Crippen LogP contribution is 2.27. The lowest BCUT2D eigenvalue weighted by Crippen LogP contribution is -2.32. The highest BCUT2D eigenvalue weighted by atomic mass is 32.1. The van der Waals surface area contributed by atoms with Crippen LogP contribution in [0.1, 0.15) is 55.2 Å². The molecular weight excluding hydrogens is 312 g/mol. The molecule has 1 saturated heterocycles. The van der Waals surface area contributed by atoms with Gasteiger partial charge in [0.2, 0.25) is 5.13 Å². The molecule has 0 saturated carbocycles. The third-order valence-electron chi connectivity index (χ3n) is 3.77. The van der Waals surface area contributed by atoms with Crippen LogP contribution in [0.15, 0.2) is 12.3 Å². The first-order chi connectivity index (χ1) is 10.9. The summed E-state index contributed by atoms with van der Waals surface area (Å²) in [4.78, 5) is 12.3. The van der Waals surface area contributed by atoms with E-state index in [0.29, 0.717) is 16.9 Å². The van der Waals surface area contributed by atoms with Gasteiger partial charge < -0.3 is 5.32 Å². The average Bonchev–Trinajstić information content (AvgIpc) is 3.16. The van der Waals surface area contributed by atoms with Crippen molar-refractivity contribution in [1.82, 2.24) is 25.3 Å². The molecule has 23 heavy (non-hydrogen) atoms. The zero-order valence-corrected chi connectivity index (χ0v) is 14.5. The fourth-order valence-corrected chi connectivity index (χ4v) is 3.26. The van der Waals surface area contributed by atoms with E-state index in [1.165, 1.54) is 11.3 Å². The monoisotopic (exact) mass is 334 g/mol. The zero-order chi connectivity index (χ0) is 16.4. The Balaban J connectivity index is 1.66. The Hall–Kier alpha value is -1.80. The van der Waals surface area contributed by atoms with E-state index in [9.17, 15) is 4.79 Å². The van der Waals surface area contributed by atoms with Crippen LogP contribution >= 0.6 is 11.3 Å². The number of piperidine rings is 1. The van der Waals surface area contributed by atoms with E-state index in [-0.39, 0.29) is 11.3 Å². The maximum Gasteiger partial charge on any atom is 0.277 e. The van der Waals surface area contributed by atoms with E-state index in [1.54, 1.807) is 6.07 Å². The third kappa shape index (κ3) is 3.76.